The molecule has 4 nitrogen and oxygen atoms in total. The minimum atomic E-state index is -1.07. The van der Waals surface area contributed by atoms with Crippen LogP contribution in [0.1, 0.15) is 32.4 Å². The first-order valence-corrected chi connectivity index (χ1v) is 6.11. The fourth-order valence-electron chi connectivity index (χ4n) is 1.24. The van der Waals surface area contributed by atoms with Crippen molar-refractivity contribution >= 4 is 23.2 Å². The van der Waals surface area contributed by atoms with Gasteiger partial charge in [-0.05, 0) is 43.2 Å². The normalized spacial score (nSPS) is 13.8. The highest BCUT2D eigenvalue weighted by atomic mass is 32.1. The summed E-state index contributed by atoms with van der Waals surface area (Å²) in [4.78, 5) is 22.5. The first kappa shape index (κ1) is 13.4. The molecule has 0 saturated heterocycles. The minimum Gasteiger partial charge on any atom is -0.478 e. The van der Waals surface area contributed by atoms with E-state index in [4.69, 9.17) is 5.11 Å². The van der Waals surface area contributed by atoms with Gasteiger partial charge >= 0.3 is 5.97 Å². The summed E-state index contributed by atoms with van der Waals surface area (Å²) in [5.74, 6) is -1.41. The van der Waals surface area contributed by atoms with E-state index in [-0.39, 0.29) is 23.1 Å². The molecule has 0 aromatic carbocycles. The van der Waals surface area contributed by atoms with Gasteiger partial charge in [0.05, 0.1) is 6.04 Å². The Balaban J connectivity index is 2.74. The molecule has 1 atom stereocenters. The van der Waals surface area contributed by atoms with Crippen LogP contribution in [0.3, 0.4) is 0 Å². The van der Waals surface area contributed by atoms with Crippen molar-refractivity contribution in [3.8, 4) is 0 Å². The Morgan fingerprint density at radius 2 is 2.00 bits per heavy atom. The third kappa shape index (κ3) is 3.42. The lowest BCUT2D eigenvalue weighted by Crippen LogP contribution is -2.28. The largest absolute Gasteiger partial charge is 0.478 e. The number of amides is 1. The average molecular weight is 253 g/mol. The summed E-state index contributed by atoms with van der Waals surface area (Å²) >= 11 is 1.56. The Labute approximate surface area is 104 Å². The molecule has 1 aromatic rings. The molecular weight excluding hydrogens is 238 g/mol. The van der Waals surface area contributed by atoms with E-state index in [0.717, 1.165) is 5.56 Å². The highest BCUT2D eigenvalue weighted by molar-refractivity contribution is 7.07. The summed E-state index contributed by atoms with van der Waals surface area (Å²) in [6.07, 6.45) is 0. The molecule has 2 N–H and O–H groups in total. The molecule has 0 saturated carbocycles. The van der Waals surface area contributed by atoms with Gasteiger partial charge in [-0.3, -0.25) is 4.79 Å². The minimum absolute atomic E-state index is 0.0695. The maximum Gasteiger partial charge on any atom is 0.331 e. The second-order valence-corrected chi connectivity index (χ2v) is 4.59. The Kier molecular flexibility index (Phi) is 4.45. The number of hydrogen-bond acceptors (Lipinski definition) is 3. The second kappa shape index (κ2) is 5.63. The van der Waals surface area contributed by atoms with E-state index in [1.165, 1.54) is 13.8 Å². The summed E-state index contributed by atoms with van der Waals surface area (Å²) in [6.45, 7) is 4.80. The number of thiophene rings is 1. The Morgan fingerprint density at radius 3 is 2.47 bits per heavy atom. The van der Waals surface area contributed by atoms with Gasteiger partial charge in [-0.1, -0.05) is 0 Å². The van der Waals surface area contributed by atoms with Gasteiger partial charge in [0.25, 0.3) is 0 Å². The van der Waals surface area contributed by atoms with Crippen molar-refractivity contribution in [2.45, 2.75) is 26.8 Å². The van der Waals surface area contributed by atoms with Gasteiger partial charge in [-0.15, -0.1) is 0 Å². The van der Waals surface area contributed by atoms with Crippen LogP contribution in [0.2, 0.25) is 0 Å². The van der Waals surface area contributed by atoms with Crippen molar-refractivity contribution in [3.05, 3.63) is 33.5 Å². The van der Waals surface area contributed by atoms with Crippen LogP contribution in [-0.4, -0.2) is 17.0 Å². The van der Waals surface area contributed by atoms with Crippen LogP contribution >= 0.6 is 11.3 Å². The van der Waals surface area contributed by atoms with Crippen molar-refractivity contribution in [1.82, 2.24) is 5.32 Å². The maximum absolute atomic E-state index is 11.8. The second-order valence-electron chi connectivity index (χ2n) is 3.81. The fourth-order valence-corrected chi connectivity index (χ4v) is 1.99. The highest BCUT2D eigenvalue weighted by Gasteiger charge is 2.15. The zero-order chi connectivity index (χ0) is 13.0. The summed E-state index contributed by atoms with van der Waals surface area (Å²) in [5, 5.41) is 15.4. The van der Waals surface area contributed by atoms with Crippen molar-refractivity contribution in [2.24, 2.45) is 0 Å². The van der Waals surface area contributed by atoms with E-state index < -0.39 is 5.97 Å². The van der Waals surface area contributed by atoms with Gasteiger partial charge in [0.2, 0.25) is 5.91 Å². The van der Waals surface area contributed by atoms with Crippen molar-refractivity contribution < 1.29 is 14.7 Å². The van der Waals surface area contributed by atoms with E-state index >= 15 is 0 Å². The number of hydrogen-bond donors (Lipinski definition) is 2. The zero-order valence-corrected chi connectivity index (χ0v) is 10.8. The van der Waals surface area contributed by atoms with Crippen LogP contribution in [0.5, 0.6) is 0 Å². The standard InChI is InChI=1S/C12H15NO3S/c1-7(8(2)12(15)16)11(14)13-9(3)10-4-5-17-6-10/h4-6,9H,1-3H3,(H,13,14)(H,15,16). The molecular formula is C12H15NO3S. The SMILES string of the molecule is CC(C(=O)O)=C(C)C(=O)NC(C)c1ccsc1. The maximum atomic E-state index is 11.8. The van der Waals surface area contributed by atoms with Crippen LogP contribution in [0.15, 0.2) is 28.0 Å². The summed E-state index contributed by atoms with van der Waals surface area (Å²) < 4.78 is 0. The molecule has 17 heavy (non-hydrogen) atoms. The fraction of sp³-hybridized carbons (Fsp3) is 0.333. The quantitative estimate of drug-likeness (QED) is 0.809. The lowest BCUT2D eigenvalue weighted by Gasteiger charge is -2.13. The molecule has 92 valence electrons. The number of carbonyl (C=O) groups is 2. The third-order valence-electron chi connectivity index (χ3n) is 2.61. The molecule has 0 bridgehead atoms. The van der Waals surface area contributed by atoms with E-state index in [0.29, 0.717) is 0 Å². The topological polar surface area (TPSA) is 66.4 Å². The molecule has 0 spiro atoms. The lowest BCUT2D eigenvalue weighted by atomic mass is 10.1. The first-order chi connectivity index (χ1) is 7.93. The van der Waals surface area contributed by atoms with Gasteiger partial charge in [-0.2, -0.15) is 11.3 Å². The Bertz CT molecular complexity index is 448. The van der Waals surface area contributed by atoms with Crippen LogP contribution in [0, 0.1) is 0 Å². The predicted molar refractivity (Wildman–Crippen MR) is 66.9 cm³/mol. The van der Waals surface area contributed by atoms with Crippen LogP contribution in [0.25, 0.3) is 0 Å². The number of carbonyl (C=O) groups excluding carboxylic acids is 1. The first-order valence-electron chi connectivity index (χ1n) is 5.17. The summed E-state index contributed by atoms with van der Waals surface area (Å²) in [7, 11) is 0. The molecule has 1 aromatic heterocycles. The Hall–Kier alpha value is -1.62. The molecule has 1 unspecified atom stereocenters. The highest BCUT2D eigenvalue weighted by Crippen LogP contribution is 2.16. The molecule has 5 heteroatoms. The van der Waals surface area contributed by atoms with Gasteiger partial charge in [0, 0.05) is 11.1 Å². The molecule has 0 radical (unpaired) electrons. The molecule has 0 fully saturated rings. The van der Waals surface area contributed by atoms with Gasteiger partial charge < -0.3 is 10.4 Å². The van der Waals surface area contributed by atoms with E-state index in [2.05, 4.69) is 5.32 Å². The predicted octanol–water partition coefficient (Wildman–Crippen LogP) is 2.35. The Morgan fingerprint density at radius 1 is 1.35 bits per heavy atom. The molecule has 1 amide bonds. The molecule has 0 aliphatic carbocycles. The lowest BCUT2D eigenvalue weighted by molar-refractivity contribution is -0.133. The number of rotatable bonds is 4. The smallest absolute Gasteiger partial charge is 0.331 e. The van der Waals surface area contributed by atoms with Crippen molar-refractivity contribution in [3.63, 3.8) is 0 Å². The van der Waals surface area contributed by atoms with E-state index in [1.54, 1.807) is 11.3 Å². The van der Waals surface area contributed by atoms with Gasteiger partial charge in [0.15, 0.2) is 0 Å². The average Bonchev–Trinajstić information content (AvgIpc) is 2.80. The van der Waals surface area contributed by atoms with Gasteiger partial charge in [0.1, 0.15) is 0 Å². The van der Waals surface area contributed by atoms with Crippen LogP contribution in [0.4, 0.5) is 0 Å². The molecule has 0 aliphatic heterocycles. The van der Waals surface area contributed by atoms with Crippen LogP contribution < -0.4 is 5.32 Å². The molecule has 1 heterocycles. The zero-order valence-electron chi connectivity index (χ0n) is 9.98. The van der Waals surface area contributed by atoms with Crippen molar-refractivity contribution in [1.29, 1.82) is 0 Å². The number of carboxylic acids is 1. The van der Waals surface area contributed by atoms with Crippen LogP contribution in [-0.2, 0) is 9.59 Å². The number of carboxylic acid groups (broad SMARTS) is 1. The van der Waals surface area contributed by atoms with E-state index in [1.807, 2.05) is 23.8 Å². The molecule has 1 rings (SSSR count). The summed E-state index contributed by atoms with van der Waals surface area (Å²) in [6, 6.07) is 1.81. The van der Waals surface area contributed by atoms with E-state index in [9.17, 15) is 9.59 Å². The van der Waals surface area contributed by atoms with Gasteiger partial charge in [-0.25, -0.2) is 4.79 Å². The number of nitrogens with one attached hydrogen (secondary N) is 1. The number of aliphatic carboxylic acids is 1. The summed E-state index contributed by atoms with van der Waals surface area (Å²) in [5.41, 5.74) is 1.32. The molecule has 0 aliphatic rings. The third-order valence-corrected chi connectivity index (χ3v) is 3.32. The monoisotopic (exact) mass is 253 g/mol. The van der Waals surface area contributed by atoms with Crippen molar-refractivity contribution in [2.75, 3.05) is 0 Å².